The van der Waals surface area contributed by atoms with Crippen LogP contribution in [0.25, 0.3) is 0 Å². The standard InChI is InChI=1S/C18H18ClN5/c1-13-23-17(21-11-14-4-6-16(19)7-5-14)9-18(24-13)22-12-15-3-2-8-20-10-15/h2-10H,11-12H2,1H3,(H2,21,22,23,24). The van der Waals surface area contributed by atoms with Gasteiger partial charge in [-0.25, -0.2) is 9.97 Å². The number of benzene rings is 1. The molecule has 5 nitrogen and oxygen atoms in total. The van der Waals surface area contributed by atoms with E-state index in [0.717, 1.165) is 27.8 Å². The number of aryl methyl sites for hydroxylation is 1. The smallest absolute Gasteiger partial charge is 0.132 e. The maximum absolute atomic E-state index is 5.90. The zero-order chi connectivity index (χ0) is 16.8. The average molecular weight is 340 g/mol. The minimum atomic E-state index is 0.668. The number of anilines is 2. The van der Waals surface area contributed by atoms with Crippen molar-refractivity contribution in [2.75, 3.05) is 10.6 Å². The summed E-state index contributed by atoms with van der Waals surface area (Å²) in [4.78, 5) is 12.9. The van der Waals surface area contributed by atoms with E-state index in [1.807, 2.05) is 55.6 Å². The second-order valence-electron chi connectivity index (χ2n) is 5.38. The van der Waals surface area contributed by atoms with Crippen LogP contribution in [0, 0.1) is 6.92 Å². The minimum Gasteiger partial charge on any atom is -0.366 e. The number of hydrogen-bond acceptors (Lipinski definition) is 5. The van der Waals surface area contributed by atoms with E-state index in [0.29, 0.717) is 18.9 Å². The maximum atomic E-state index is 5.90. The molecule has 0 bridgehead atoms. The number of hydrogen-bond donors (Lipinski definition) is 2. The molecule has 24 heavy (non-hydrogen) atoms. The van der Waals surface area contributed by atoms with Gasteiger partial charge < -0.3 is 10.6 Å². The highest BCUT2D eigenvalue weighted by atomic mass is 35.5. The monoisotopic (exact) mass is 339 g/mol. The Balaban J connectivity index is 1.63. The Bertz CT molecular complexity index is 790. The lowest BCUT2D eigenvalue weighted by Gasteiger charge is -2.10. The molecule has 0 fully saturated rings. The lowest BCUT2D eigenvalue weighted by molar-refractivity contribution is 1.00. The Labute approximate surface area is 146 Å². The zero-order valence-electron chi connectivity index (χ0n) is 13.3. The molecule has 2 aromatic heterocycles. The van der Waals surface area contributed by atoms with Gasteiger partial charge in [-0.1, -0.05) is 29.8 Å². The van der Waals surface area contributed by atoms with E-state index >= 15 is 0 Å². The first-order chi connectivity index (χ1) is 11.7. The fraction of sp³-hybridized carbons (Fsp3) is 0.167. The van der Waals surface area contributed by atoms with Crippen molar-refractivity contribution < 1.29 is 0 Å². The molecule has 2 heterocycles. The molecule has 0 atom stereocenters. The molecule has 0 amide bonds. The van der Waals surface area contributed by atoms with Gasteiger partial charge in [0.05, 0.1) is 0 Å². The molecule has 3 rings (SSSR count). The molecule has 0 unspecified atom stereocenters. The van der Waals surface area contributed by atoms with Crippen molar-refractivity contribution in [3.63, 3.8) is 0 Å². The van der Waals surface area contributed by atoms with Crippen molar-refractivity contribution in [2.24, 2.45) is 0 Å². The van der Waals surface area contributed by atoms with Crippen LogP contribution in [0.3, 0.4) is 0 Å². The van der Waals surface area contributed by atoms with Gasteiger partial charge >= 0.3 is 0 Å². The van der Waals surface area contributed by atoms with Crippen molar-refractivity contribution in [3.8, 4) is 0 Å². The zero-order valence-corrected chi connectivity index (χ0v) is 14.1. The molecule has 122 valence electrons. The highest BCUT2D eigenvalue weighted by molar-refractivity contribution is 6.30. The number of rotatable bonds is 6. The van der Waals surface area contributed by atoms with E-state index in [4.69, 9.17) is 11.6 Å². The molecule has 0 aliphatic carbocycles. The van der Waals surface area contributed by atoms with Crippen LogP contribution in [0.5, 0.6) is 0 Å². The number of halogens is 1. The first-order valence-electron chi connectivity index (χ1n) is 7.66. The van der Waals surface area contributed by atoms with E-state index in [1.165, 1.54) is 0 Å². The van der Waals surface area contributed by atoms with Crippen molar-refractivity contribution in [1.29, 1.82) is 0 Å². The molecular formula is C18H18ClN5. The number of pyridine rings is 1. The van der Waals surface area contributed by atoms with Crippen molar-refractivity contribution >= 4 is 23.2 Å². The summed E-state index contributed by atoms with van der Waals surface area (Å²) >= 11 is 5.90. The average Bonchev–Trinajstić information content (AvgIpc) is 2.60. The Morgan fingerprint density at radius 2 is 1.58 bits per heavy atom. The van der Waals surface area contributed by atoms with Gasteiger partial charge in [0, 0.05) is 36.6 Å². The van der Waals surface area contributed by atoms with Crippen LogP contribution in [-0.2, 0) is 13.1 Å². The summed E-state index contributed by atoms with van der Waals surface area (Å²) in [6, 6.07) is 13.6. The molecule has 0 saturated carbocycles. The van der Waals surface area contributed by atoms with Crippen molar-refractivity contribution in [2.45, 2.75) is 20.0 Å². The number of nitrogens with zero attached hydrogens (tertiary/aromatic N) is 3. The van der Waals surface area contributed by atoms with Crippen molar-refractivity contribution in [1.82, 2.24) is 15.0 Å². The first kappa shape index (κ1) is 16.2. The minimum absolute atomic E-state index is 0.668. The van der Waals surface area contributed by atoms with Crippen LogP contribution < -0.4 is 10.6 Å². The van der Waals surface area contributed by atoms with Gasteiger partial charge in [-0.3, -0.25) is 4.98 Å². The molecule has 0 saturated heterocycles. The molecule has 1 aromatic carbocycles. The molecule has 3 aromatic rings. The molecule has 6 heteroatoms. The summed E-state index contributed by atoms with van der Waals surface area (Å²) < 4.78 is 0. The lowest BCUT2D eigenvalue weighted by atomic mass is 10.2. The number of aromatic nitrogens is 3. The molecule has 0 radical (unpaired) electrons. The fourth-order valence-electron chi connectivity index (χ4n) is 2.24. The van der Waals surface area contributed by atoms with Gasteiger partial charge in [0.2, 0.25) is 0 Å². The maximum Gasteiger partial charge on any atom is 0.132 e. The third kappa shape index (κ3) is 4.67. The van der Waals surface area contributed by atoms with Crippen LogP contribution in [0.1, 0.15) is 17.0 Å². The van der Waals surface area contributed by atoms with E-state index in [2.05, 4.69) is 25.6 Å². The predicted octanol–water partition coefficient (Wildman–Crippen LogP) is 4.06. The summed E-state index contributed by atoms with van der Waals surface area (Å²) in [5.74, 6) is 2.28. The molecular weight excluding hydrogens is 322 g/mol. The third-order valence-electron chi connectivity index (χ3n) is 3.42. The van der Waals surface area contributed by atoms with Crippen LogP contribution >= 0.6 is 11.6 Å². The van der Waals surface area contributed by atoms with Crippen LogP contribution in [0.15, 0.2) is 54.9 Å². The van der Waals surface area contributed by atoms with Gasteiger partial charge in [-0.2, -0.15) is 0 Å². The van der Waals surface area contributed by atoms with E-state index in [-0.39, 0.29) is 0 Å². The van der Waals surface area contributed by atoms with Gasteiger partial charge in [0.1, 0.15) is 17.5 Å². The Hall–Kier alpha value is -2.66. The Kier molecular flexibility index (Phi) is 5.23. The van der Waals surface area contributed by atoms with Crippen molar-refractivity contribution in [3.05, 3.63) is 76.8 Å². The molecule has 0 aliphatic heterocycles. The summed E-state index contributed by atoms with van der Waals surface area (Å²) in [6.07, 6.45) is 3.60. The summed E-state index contributed by atoms with van der Waals surface area (Å²) in [6.45, 7) is 3.22. The largest absolute Gasteiger partial charge is 0.366 e. The summed E-state index contributed by atoms with van der Waals surface area (Å²) in [5, 5.41) is 7.35. The first-order valence-corrected chi connectivity index (χ1v) is 8.03. The second kappa shape index (κ2) is 7.75. The molecule has 0 aliphatic rings. The normalized spacial score (nSPS) is 10.4. The fourth-order valence-corrected chi connectivity index (χ4v) is 2.36. The topological polar surface area (TPSA) is 62.7 Å². The lowest BCUT2D eigenvalue weighted by Crippen LogP contribution is -2.07. The van der Waals surface area contributed by atoms with Crippen LogP contribution in [-0.4, -0.2) is 15.0 Å². The molecule has 0 spiro atoms. The highest BCUT2D eigenvalue weighted by Gasteiger charge is 2.03. The van der Waals surface area contributed by atoms with E-state index in [1.54, 1.807) is 6.20 Å². The number of nitrogens with one attached hydrogen (secondary N) is 2. The summed E-state index contributed by atoms with van der Waals surface area (Å²) in [7, 11) is 0. The SMILES string of the molecule is Cc1nc(NCc2ccc(Cl)cc2)cc(NCc2cccnc2)n1. The van der Waals surface area contributed by atoms with E-state index in [9.17, 15) is 0 Å². The van der Waals surface area contributed by atoms with Crippen LogP contribution in [0.2, 0.25) is 5.02 Å². The van der Waals surface area contributed by atoms with Gasteiger partial charge in [0.15, 0.2) is 0 Å². The van der Waals surface area contributed by atoms with Gasteiger partial charge in [0.25, 0.3) is 0 Å². The van der Waals surface area contributed by atoms with Crippen LogP contribution in [0.4, 0.5) is 11.6 Å². The summed E-state index contributed by atoms with van der Waals surface area (Å²) in [5.41, 5.74) is 2.24. The Morgan fingerprint density at radius 1 is 0.917 bits per heavy atom. The third-order valence-corrected chi connectivity index (χ3v) is 3.67. The quantitative estimate of drug-likeness (QED) is 0.709. The second-order valence-corrected chi connectivity index (χ2v) is 5.82. The van der Waals surface area contributed by atoms with E-state index < -0.39 is 0 Å². The van der Waals surface area contributed by atoms with Gasteiger partial charge in [-0.05, 0) is 36.2 Å². The highest BCUT2D eigenvalue weighted by Crippen LogP contribution is 2.15. The predicted molar refractivity (Wildman–Crippen MR) is 97.1 cm³/mol. The Morgan fingerprint density at radius 3 is 2.21 bits per heavy atom. The molecule has 2 N–H and O–H groups in total. The van der Waals surface area contributed by atoms with Gasteiger partial charge in [-0.15, -0.1) is 0 Å².